The molecule has 3 rings (SSSR count). The van der Waals surface area contributed by atoms with Crippen LogP contribution in [0.3, 0.4) is 0 Å². The van der Waals surface area contributed by atoms with Crippen molar-refractivity contribution < 1.29 is 9.59 Å². The number of aromatic nitrogens is 1. The number of nitrogens with one attached hydrogen (secondary N) is 2. The van der Waals surface area contributed by atoms with Crippen molar-refractivity contribution in [1.82, 2.24) is 15.8 Å². The van der Waals surface area contributed by atoms with Gasteiger partial charge in [-0.3, -0.25) is 25.4 Å². The number of hydrazine groups is 1. The second kappa shape index (κ2) is 7.19. The van der Waals surface area contributed by atoms with E-state index in [-0.39, 0.29) is 5.91 Å². The van der Waals surface area contributed by atoms with Gasteiger partial charge < -0.3 is 0 Å². The smallest absolute Gasteiger partial charge is 0.267 e. The largest absolute Gasteiger partial charge is 0.269 e. The number of amides is 2. The van der Waals surface area contributed by atoms with Crippen molar-refractivity contribution in [3.63, 3.8) is 0 Å². The SMILES string of the molecule is O=C(NNC(=O)c1ccc(-c2ccccc2)cc1)c1ccncc1. The molecule has 0 spiro atoms. The third kappa shape index (κ3) is 3.64. The van der Waals surface area contributed by atoms with Crippen LogP contribution in [0.25, 0.3) is 11.1 Å². The fourth-order valence-electron chi connectivity index (χ4n) is 2.21. The Morgan fingerprint density at radius 2 is 1.12 bits per heavy atom. The van der Waals surface area contributed by atoms with Gasteiger partial charge in [-0.1, -0.05) is 42.5 Å². The molecule has 5 nitrogen and oxygen atoms in total. The Balaban J connectivity index is 1.62. The number of carbonyl (C=O) groups excluding carboxylic acids is 2. The van der Waals surface area contributed by atoms with Gasteiger partial charge in [-0.25, -0.2) is 0 Å². The maximum atomic E-state index is 12.1. The van der Waals surface area contributed by atoms with Crippen molar-refractivity contribution in [3.05, 3.63) is 90.3 Å². The molecule has 118 valence electrons. The standard InChI is InChI=1S/C19H15N3O2/c23-18(21-22-19(24)17-10-12-20-13-11-17)16-8-6-15(7-9-16)14-4-2-1-3-5-14/h1-13H,(H,21,23)(H,22,24). The molecule has 1 aromatic heterocycles. The molecule has 0 saturated carbocycles. The van der Waals surface area contributed by atoms with Crippen molar-refractivity contribution in [1.29, 1.82) is 0 Å². The van der Waals surface area contributed by atoms with Gasteiger partial charge in [0.25, 0.3) is 11.8 Å². The topological polar surface area (TPSA) is 71.1 Å². The van der Waals surface area contributed by atoms with Crippen LogP contribution in [0.1, 0.15) is 20.7 Å². The molecular formula is C19H15N3O2. The molecule has 0 saturated heterocycles. The van der Waals surface area contributed by atoms with Crippen LogP contribution in [0.5, 0.6) is 0 Å². The number of carbonyl (C=O) groups is 2. The fourth-order valence-corrected chi connectivity index (χ4v) is 2.21. The summed E-state index contributed by atoms with van der Waals surface area (Å²) in [4.78, 5) is 27.8. The van der Waals surface area contributed by atoms with E-state index in [1.807, 2.05) is 42.5 Å². The van der Waals surface area contributed by atoms with E-state index < -0.39 is 5.91 Å². The summed E-state index contributed by atoms with van der Waals surface area (Å²) in [6, 6.07) is 20.2. The van der Waals surface area contributed by atoms with E-state index in [9.17, 15) is 9.59 Å². The maximum Gasteiger partial charge on any atom is 0.269 e. The minimum Gasteiger partial charge on any atom is -0.267 e. The van der Waals surface area contributed by atoms with Crippen molar-refractivity contribution in [3.8, 4) is 11.1 Å². The molecule has 3 aromatic rings. The van der Waals surface area contributed by atoms with Gasteiger partial charge in [0.1, 0.15) is 0 Å². The molecule has 2 N–H and O–H groups in total. The van der Waals surface area contributed by atoms with Crippen molar-refractivity contribution in [2.45, 2.75) is 0 Å². The highest BCUT2D eigenvalue weighted by Gasteiger charge is 2.09. The first-order chi connectivity index (χ1) is 11.7. The minimum absolute atomic E-state index is 0.378. The van der Waals surface area contributed by atoms with Gasteiger partial charge in [-0.15, -0.1) is 0 Å². The van der Waals surface area contributed by atoms with E-state index >= 15 is 0 Å². The van der Waals surface area contributed by atoms with E-state index in [0.717, 1.165) is 11.1 Å². The van der Waals surface area contributed by atoms with Crippen LogP contribution in [-0.4, -0.2) is 16.8 Å². The van der Waals surface area contributed by atoms with Gasteiger partial charge in [0, 0.05) is 23.5 Å². The molecule has 0 aliphatic rings. The van der Waals surface area contributed by atoms with E-state index in [2.05, 4.69) is 15.8 Å². The molecule has 0 aliphatic heterocycles. The lowest BCUT2D eigenvalue weighted by molar-refractivity contribution is 0.0846. The summed E-state index contributed by atoms with van der Waals surface area (Å²) in [6.07, 6.45) is 3.03. The van der Waals surface area contributed by atoms with Crippen molar-refractivity contribution >= 4 is 11.8 Å². The van der Waals surface area contributed by atoms with Gasteiger partial charge in [0.15, 0.2) is 0 Å². The Labute approximate surface area is 139 Å². The molecule has 24 heavy (non-hydrogen) atoms. The normalized spacial score (nSPS) is 10.0. The summed E-state index contributed by atoms with van der Waals surface area (Å²) < 4.78 is 0. The highest BCUT2D eigenvalue weighted by molar-refractivity contribution is 5.99. The summed E-state index contributed by atoms with van der Waals surface area (Å²) in [5, 5.41) is 0. The molecule has 2 amide bonds. The molecule has 0 fully saturated rings. The maximum absolute atomic E-state index is 12.1. The average molecular weight is 317 g/mol. The molecular weight excluding hydrogens is 302 g/mol. The molecule has 0 aliphatic carbocycles. The van der Waals surface area contributed by atoms with E-state index in [0.29, 0.717) is 11.1 Å². The first kappa shape index (κ1) is 15.4. The number of benzene rings is 2. The summed E-state index contributed by atoms with van der Waals surface area (Å²) in [5.41, 5.74) is 7.76. The number of nitrogens with zero attached hydrogens (tertiary/aromatic N) is 1. The molecule has 5 heteroatoms. The summed E-state index contributed by atoms with van der Waals surface area (Å²) in [5.74, 6) is -0.774. The van der Waals surface area contributed by atoms with Crippen LogP contribution in [0.4, 0.5) is 0 Å². The second-order valence-electron chi connectivity index (χ2n) is 5.09. The van der Waals surface area contributed by atoms with Crippen LogP contribution in [0.15, 0.2) is 79.1 Å². The Bertz CT molecular complexity index is 832. The highest BCUT2D eigenvalue weighted by atomic mass is 16.2. The molecule has 2 aromatic carbocycles. The molecule has 0 radical (unpaired) electrons. The van der Waals surface area contributed by atoms with Crippen LogP contribution in [0.2, 0.25) is 0 Å². The number of pyridine rings is 1. The Morgan fingerprint density at radius 3 is 1.71 bits per heavy atom. The first-order valence-corrected chi connectivity index (χ1v) is 7.40. The molecule has 0 atom stereocenters. The quantitative estimate of drug-likeness (QED) is 0.730. The molecule has 0 bridgehead atoms. The average Bonchev–Trinajstić information content (AvgIpc) is 2.67. The van der Waals surface area contributed by atoms with Crippen LogP contribution < -0.4 is 10.9 Å². The summed E-state index contributed by atoms with van der Waals surface area (Å²) in [7, 11) is 0. The molecule has 0 unspecified atom stereocenters. The summed E-state index contributed by atoms with van der Waals surface area (Å²) >= 11 is 0. The Morgan fingerprint density at radius 1 is 0.625 bits per heavy atom. The zero-order valence-corrected chi connectivity index (χ0v) is 12.8. The third-order valence-corrected chi connectivity index (χ3v) is 3.49. The Hall–Kier alpha value is -3.47. The number of hydrogen-bond acceptors (Lipinski definition) is 3. The predicted molar refractivity (Wildman–Crippen MR) is 91.0 cm³/mol. The lowest BCUT2D eigenvalue weighted by Gasteiger charge is -2.08. The van der Waals surface area contributed by atoms with Crippen molar-refractivity contribution in [2.24, 2.45) is 0 Å². The van der Waals surface area contributed by atoms with Gasteiger partial charge in [-0.05, 0) is 35.4 Å². The van der Waals surface area contributed by atoms with Crippen LogP contribution in [0, 0.1) is 0 Å². The van der Waals surface area contributed by atoms with E-state index in [1.165, 1.54) is 12.4 Å². The van der Waals surface area contributed by atoms with Crippen molar-refractivity contribution in [2.75, 3.05) is 0 Å². The predicted octanol–water partition coefficient (Wildman–Crippen LogP) is 2.82. The van der Waals surface area contributed by atoms with Gasteiger partial charge in [-0.2, -0.15) is 0 Å². The minimum atomic E-state index is -0.397. The first-order valence-electron chi connectivity index (χ1n) is 7.40. The zero-order chi connectivity index (χ0) is 16.8. The monoisotopic (exact) mass is 317 g/mol. The van der Waals surface area contributed by atoms with Crippen LogP contribution >= 0.6 is 0 Å². The van der Waals surface area contributed by atoms with Gasteiger partial charge >= 0.3 is 0 Å². The van der Waals surface area contributed by atoms with Gasteiger partial charge in [0.2, 0.25) is 0 Å². The van der Waals surface area contributed by atoms with Gasteiger partial charge in [0.05, 0.1) is 0 Å². The van der Waals surface area contributed by atoms with E-state index in [1.54, 1.807) is 24.3 Å². The van der Waals surface area contributed by atoms with Crippen LogP contribution in [-0.2, 0) is 0 Å². The fraction of sp³-hybridized carbons (Fsp3) is 0. The Kier molecular flexibility index (Phi) is 4.62. The lowest BCUT2D eigenvalue weighted by Crippen LogP contribution is -2.41. The second-order valence-corrected chi connectivity index (χ2v) is 5.09. The highest BCUT2D eigenvalue weighted by Crippen LogP contribution is 2.19. The molecule has 1 heterocycles. The number of rotatable bonds is 3. The van der Waals surface area contributed by atoms with E-state index in [4.69, 9.17) is 0 Å². The number of hydrogen-bond donors (Lipinski definition) is 2. The zero-order valence-electron chi connectivity index (χ0n) is 12.8. The third-order valence-electron chi connectivity index (χ3n) is 3.49. The lowest BCUT2D eigenvalue weighted by atomic mass is 10.0. The summed E-state index contributed by atoms with van der Waals surface area (Å²) in [6.45, 7) is 0.